The maximum absolute atomic E-state index is 5.93. The topological polar surface area (TPSA) is 39.7 Å². The first kappa shape index (κ1) is 14.4. The Bertz CT molecular complexity index is 678. The van der Waals surface area contributed by atoms with Crippen LogP contribution in [-0.4, -0.2) is 13.9 Å². The SMILES string of the molecule is COc1cc(CNc2ccc(Cl)cc2Br)cc2c1OCO2. The molecule has 0 aliphatic carbocycles. The van der Waals surface area contributed by atoms with Crippen molar-refractivity contribution in [2.24, 2.45) is 0 Å². The molecule has 1 heterocycles. The average Bonchev–Trinajstić information content (AvgIpc) is 2.93. The van der Waals surface area contributed by atoms with Crippen molar-refractivity contribution in [3.63, 3.8) is 0 Å². The number of nitrogens with one attached hydrogen (secondary N) is 1. The lowest BCUT2D eigenvalue weighted by Gasteiger charge is -2.11. The largest absolute Gasteiger partial charge is 0.493 e. The van der Waals surface area contributed by atoms with Gasteiger partial charge < -0.3 is 19.5 Å². The maximum Gasteiger partial charge on any atom is 0.231 e. The highest BCUT2D eigenvalue weighted by atomic mass is 79.9. The summed E-state index contributed by atoms with van der Waals surface area (Å²) in [5, 5.41) is 4.03. The number of anilines is 1. The second kappa shape index (κ2) is 6.03. The Hall–Kier alpha value is -1.59. The predicted molar refractivity (Wildman–Crippen MR) is 85.6 cm³/mol. The molecule has 6 heteroatoms. The highest BCUT2D eigenvalue weighted by Gasteiger charge is 2.19. The lowest BCUT2D eigenvalue weighted by atomic mass is 10.1. The Labute approximate surface area is 136 Å². The molecule has 0 fully saturated rings. The van der Waals surface area contributed by atoms with Crippen molar-refractivity contribution in [1.82, 2.24) is 0 Å². The molecule has 0 amide bonds. The van der Waals surface area contributed by atoms with Gasteiger partial charge in [-0.3, -0.25) is 0 Å². The van der Waals surface area contributed by atoms with Gasteiger partial charge in [0.1, 0.15) is 0 Å². The third-order valence-corrected chi connectivity index (χ3v) is 4.02. The molecule has 0 spiro atoms. The Kier molecular flexibility index (Phi) is 4.12. The number of methoxy groups -OCH3 is 1. The van der Waals surface area contributed by atoms with Gasteiger partial charge in [0.15, 0.2) is 11.5 Å². The lowest BCUT2D eigenvalue weighted by Crippen LogP contribution is -2.00. The van der Waals surface area contributed by atoms with Gasteiger partial charge in [0.2, 0.25) is 12.5 Å². The number of hydrogen-bond acceptors (Lipinski definition) is 4. The zero-order valence-corrected chi connectivity index (χ0v) is 13.6. The fraction of sp³-hybridized carbons (Fsp3) is 0.200. The smallest absolute Gasteiger partial charge is 0.231 e. The van der Waals surface area contributed by atoms with Crippen LogP contribution in [0.1, 0.15) is 5.56 Å². The van der Waals surface area contributed by atoms with E-state index in [1.54, 1.807) is 7.11 Å². The van der Waals surface area contributed by atoms with Crippen LogP contribution in [0.25, 0.3) is 0 Å². The van der Waals surface area contributed by atoms with E-state index >= 15 is 0 Å². The Balaban J connectivity index is 1.79. The first-order chi connectivity index (χ1) is 10.2. The number of fused-ring (bicyclic) bond motifs is 1. The number of halogens is 2. The maximum atomic E-state index is 5.93. The van der Waals surface area contributed by atoms with Crippen LogP contribution in [0.5, 0.6) is 17.2 Å². The molecule has 0 bridgehead atoms. The Morgan fingerprint density at radius 2 is 2.14 bits per heavy atom. The van der Waals surface area contributed by atoms with Crippen LogP contribution in [0.3, 0.4) is 0 Å². The fourth-order valence-corrected chi connectivity index (χ4v) is 2.94. The molecule has 4 nitrogen and oxygen atoms in total. The van der Waals surface area contributed by atoms with Gasteiger partial charge in [0.05, 0.1) is 7.11 Å². The van der Waals surface area contributed by atoms with Gasteiger partial charge in [-0.05, 0) is 51.8 Å². The molecule has 21 heavy (non-hydrogen) atoms. The van der Waals surface area contributed by atoms with Gasteiger partial charge in [0.25, 0.3) is 0 Å². The first-order valence-electron chi connectivity index (χ1n) is 6.33. The number of benzene rings is 2. The van der Waals surface area contributed by atoms with E-state index in [-0.39, 0.29) is 6.79 Å². The normalized spacial score (nSPS) is 12.3. The molecule has 0 aromatic heterocycles. The molecule has 110 valence electrons. The summed E-state index contributed by atoms with van der Waals surface area (Å²) < 4.78 is 17.0. The van der Waals surface area contributed by atoms with Crippen LogP contribution in [-0.2, 0) is 6.54 Å². The van der Waals surface area contributed by atoms with E-state index in [9.17, 15) is 0 Å². The molecule has 0 unspecified atom stereocenters. The zero-order valence-electron chi connectivity index (χ0n) is 11.3. The monoisotopic (exact) mass is 369 g/mol. The summed E-state index contributed by atoms with van der Waals surface area (Å²) in [7, 11) is 1.62. The summed E-state index contributed by atoms with van der Waals surface area (Å²) in [5.74, 6) is 2.05. The second-order valence-corrected chi connectivity index (χ2v) is 5.80. The van der Waals surface area contributed by atoms with Gasteiger partial charge in [-0.25, -0.2) is 0 Å². The van der Waals surface area contributed by atoms with Crippen LogP contribution in [0.4, 0.5) is 5.69 Å². The quantitative estimate of drug-likeness (QED) is 0.863. The predicted octanol–water partition coefficient (Wildman–Crippen LogP) is 4.45. The van der Waals surface area contributed by atoms with Gasteiger partial charge in [-0.15, -0.1) is 0 Å². The standard InChI is InChI=1S/C15H13BrClNO3/c1-19-13-4-9(5-14-15(13)21-8-20-14)7-18-12-3-2-10(17)6-11(12)16/h2-6,18H,7-8H2,1H3. The summed E-state index contributed by atoms with van der Waals surface area (Å²) in [5.41, 5.74) is 2.01. The molecule has 0 radical (unpaired) electrons. The molecular weight excluding hydrogens is 358 g/mol. The van der Waals surface area contributed by atoms with Crippen LogP contribution in [0, 0.1) is 0 Å². The molecule has 3 rings (SSSR count). The van der Waals surface area contributed by atoms with E-state index in [0.717, 1.165) is 15.7 Å². The lowest BCUT2D eigenvalue weighted by molar-refractivity contribution is 0.171. The first-order valence-corrected chi connectivity index (χ1v) is 7.50. The van der Waals surface area contributed by atoms with Crippen LogP contribution >= 0.6 is 27.5 Å². The molecule has 1 aliphatic heterocycles. The van der Waals surface area contributed by atoms with Crippen LogP contribution in [0.15, 0.2) is 34.8 Å². The molecule has 2 aromatic carbocycles. The molecule has 1 N–H and O–H groups in total. The van der Waals surface area contributed by atoms with E-state index in [1.165, 1.54) is 0 Å². The van der Waals surface area contributed by atoms with Gasteiger partial charge in [0, 0.05) is 21.7 Å². The molecule has 0 atom stereocenters. The van der Waals surface area contributed by atoms with E-state index in [0.29, 0.717) is 28.8 Å². The molecular formula is C15H13BrClNO3. The van der Waals surface area contributed by atoms with E-state index in [2.05, 4.69) is 21.2 Å². The molecule has 0 saturated heterocycles. The highest BCUT2D eigenvalue weighted by Crippen LogP contribution is 2.42. The van der Waals surface area contributed by atoms with Crippen molar-refractivity contribution >= 4 is 33.2 Å². The number of ether oxygens (including phenoxy) is 3. The fourth-order valence-electron chi connectivity index (χ4n) is 2.12. The number of rotatable bonds is 4. The summed E-state index contributed by atoms with van der Waals surface area (Å²) >= 11 is 9.42. The van der Waals surface area contributed by atoms with Gasteiger partial charge >= 0.3 is 0 Å². The minimum Gasteiger partial charge on any atom is -0.493 e. The van der Waals surface area contributed by atoms with E-state index in [1.807, 2.05) is 30.3 Å². The summed E-state index contributed by atoms with van der Waals surface area (Å²) in [6.07, 6.45) is 0. The zero-order chi connectivity index (χ0) is 14.8. The molecule has 2 aromatic rings. The summed E-state index contributed by atoms with van der Waals surface area (Å²) in [6, 6.07) is 9.50. The minimum atomic E-state index is 0.227. The third-order valence-electron chi connectivity index (χ3n) is 3.13. The van der Waals surface area contributed by atoms with E-state index in [4.69, 9.17) is 25.8 Å². The van der Waals surface area contributed by atoms with Crippen molar-refractivity contribution < 1.29 is 14.2 Å². The van der Waals surface area contributed by atoms with Crippen LogP contribution < -0.4 is 19.5 Å². The average molecular weight is 371 g/mol. The summed E-state index contributed by atoms with van der Waals surface area (Å²) in [6.45, 7) is 0.860. The van der Waals surface area contributed by atoms with Gasteiger partial charge in [-0.1, -0.05) is 11.6 Å². The van der Waals surface area contributed by atoms with Crippen molar-refractivity contribution in [3.05, 3.63) is 45.4 Å². The van der Waals surface area contributed by atoms with Crippen molar-refractivity contribution in [1.29, 1.82) is 0 Å². The highest BCUT2D eigenvalue weighted by molar-refractivity contribution is 9.10. The Morgan fingerprint density at radius 3 is 2.90 bits per heavy atom. The van der Waals surface area contributed by atoms with Crippen molar-refractivity contribution in [3.8, 4) is 17.2 Å². The Morgan fingerprint density at radius 1 is 1.29 bits per heavy atom. The van der Waals surface area contributed by atoms with Crippen molar-refractivity contribution in [2.45, 2.75) is 6.54 Å². The summed E-state index contributed by atoms with van der Waals surface area (Å²) in [4.78, 5) is 0. The third kappa shape index (κ3) is 3.04. The molecule has 1 aliphatic rings. The molecule has 0 saturated carbocycles. The second-order valence-electron chi connectivity index (χ2n) is 4.51. The van der Waals surface area contributed by atoms with Gasteiger partial charge in [-0.2, -0.15) is 0 Å². The number of hydrogen-bond donors (Lipinski definition) is 1. The van der Waals surface area contributed by atoms with Crippen LogP contribution in [0.2, 0.25) is 5.02 Å². The van der Waals surface area contributed by atoms with Crippen molar-refractivity contribution in [2.75, 3.05) is 19.2 Å². The minimum absolute atomic E-state index is 0.227. The van der Waals surface area contributed by atoms with E-state index < -0.39 is 0 Å².